The standard InChI is InChI=1S/C37H41F2N7O3/c1-3-27-30(39)8-7-23-14-26(49-22-47-2)15-32(33(23)27)45-13-9-29-31(20-45)43-36(48-21-37-10-5-12-46(37)19-25(38)16-37)44-35(29)42-18-24-17-41-34-28(24)6-4-11-40-34/h4,6-8,11,14-15,17,25H,3,5,9-10,12-13,16,18-22H2,1-2H3,(H,40,41)(H,42,43,44)/t25-,37+/m1/s1. The van der Waals surface area contributed by atoms with Crippen molar-refractivity contribution in [2.24, 2.45) is 0 Å². The predicted molar refractivity (Wildman–Crippen MR) is 185 cm³/mol. The number of anilines is 2. The number of hydrogen-bond donors (Lipinski definition) is 2. The number of pyridine rings is 1. The van der Waals surface area contributed by atoms with Crippen molar-refractivity contribution in [1.82, 2.24) is 24.8 Å². The van der Waals surface area contributed by atoms with Crippen molar-refractivity contribution in [1.29, 1.82) is 0 Å². The first-order valence-corrected chi connectivity index (χ1v) is 17.1. The smallest absolute Gasteiger partial charge is 0.318 e. The highest BCUT2D eigenvalue weighted by Crippen LogP contribution is 2.41. The third-order valence-electron chi connectivity index (χ3n) is 10.4. The van der Waals surface area contributed by atoms with Crippen molar-refractivity contribution >= 4 is 33.3 Å². The van der Waals surface area contributed by atoms with Crippen LogP contribution in [0.3, 0.4) is 0 Å². The number of aromatic nitrogens is 4. The van der Waals surface area contributed by atoms with Crippen molar-refractivity contribution in [2.45, 2.75) is 63.8 Å². The molecule has 256 valence electrons. The van der Waals surface area contributed by atoms with E-state index in [-0.39, 0.29) is 24.2 Å². The van der Waals surface area contributed by atoms with Crippen molar-refractivity contribution < 1.29 is 23.0 Å². The number of nitrogens with zero attached hydrogens (tertiary/aromatic N) is 5. The molecule has 6 heterocycles. The van der Waals surface area contributed by atoms with Crippen LogP contribution in [0.5, 0.6) is 11.8 Å². The average Bonchev–Trinajstić information content (AvgIpc) is 3.80. The molecule has 2 aromatic carbocycles. The first kappa shape index (κ1) is 31.7. The molecule has 2 N–H and O–H groups in total. The lowest BCUT2D eigenvalue weighted by Gasteiger charge is -2.33. The number of aryl methyl sites for hydroxylation is 1. The summed E-state index contributed by atoms with van der Waals surface area (Å²) < 4.78 is 47.2. The first-order chi connectivity index (χ1) is 23.9. The van der Waals surface area contributed by atoms with Gasteiger partial charge in [-0.1, -0.05) is 13.0 Å². The maximum atomic E-state index is 15.2. The van der Waals surface area contributed by atoms with Gasteiger partial charge in [0.05, 0.1) is 17.8 Å². The fraction of sp³-hybridized carbons (Fsp3) is 0.432. The first-order valence-electron chi connectivity index (χ1n) is 17.1. The van der Waals surface area contributed by atoms with E-state index in [0.717, 1.165) is 69.5 Å². The Kier molecular flexibility index (Phi) is 8.44. The molecule has 3 aromatic heterocycles. The van der Waals surface area contributed by atoms with E-state index in [1.807, 2.05) is 37.4 Å². The largest absolute Gasteiger partial charge is 0.467 e. The van der Waals surface area contributed by atoms with Crippen LogP contribution in [0, 0.1) is 5.82 Å². The Morgan fingerprint density at radius 1 is 1.14 bits per heavy atom. The van der Waals surface area contributed by atoms with Gasteiger partial charge in [-0.3, -0.25) is 4.90 Å². The maximum absolute atomic E-state index is 15.2. The SMILES string of the molecule is CCc1c(F)ccc2cc(OCOC)cc(N3CCc4c(nc(OC[C@@]56CCCN5C[C@H](F)C6)nc4NCc4c[nH]c5ncccc45)C3)c12. The quantitative estimate of drug-likeness (QED) is 0.157. The zero-order valence-corrected chi connectivity index (χ0v) is 27.9. The van der Waals surface area contributed by atoms with Crippen LogP contribution >= 0.6 is 0 Å². The summed E-state index contributed by atoms with van der Waals surface area (Å²) in [6.45, 7) is 5.42. The topological polar surface area (TPSA) is 101 Å². The number of halogens is 2. The molecule has 5 aromatic rings. The van der Waals surface area contributed by atoms with E-state index in [2.05, 4.69) is 25.1 Å². The molecule has 0 unspecified atom stereocenters. The monoisotopic (exact) mass is 669 g/mol. The highest BCUT2D eigenvalue weighted by atomic mass is 19.1. The van der Waals surface area contributed by atoms with Gasteiger partial charge in [0.25, 0.3) is 0 Å². The van der Waals surface area contributed by atoms with Gasteiger partial charge in [-0.2, -0.15) is 9.97 Å². The molecule has 8 rings (SSSR count). The van der Waals surface area contributed by atoms with E-state index in [1.165, 1.54) is 6.07 Å². The van der Waals surface area contributed by atoms with Crippen LogP contribution in [0.1, 0.15) is 48.6 Å². The summed E-state index contributed by atoms with van der Waals surface area (Å²) >= 11 is 0. The molecule has 49 heavy (non-hydrogen) atoms. The molecule has 0 bridgehead atoms. The molecule has 2 saturated heterocycles. The predicted octanol–water partition coefficient (Wildman–Crippen LogP) is 6.32. The molecule has 0 radical (unpaired) electrons. The van der Waals surface area contributed by atoms with Crippen molar-refractivity contribution in [3.05, 3.63) is 77.0 Å². The minimum Gasteiger partial charge on any atom is -0.467 e. The van der Waals surface area contributed by atoms with Crippen LogP contribution in [0.4, 0.5) is 20.3 Å². The van der Waals surface area contributed by atoms with E-state index in [9.17, 15) is 4.39 Å². The summed E-state index contributed by atoms with van der Waals surface area (Å²) in [5, 5.41) is 6.40. The van der Waals surface area contributed by atoms with Gasteiger partial charge in [-0.25, -0.2) is 13.8 Å². The summed E-state index contributed by atoms with van der Waals surface area (Å²) in [7, 11) is 1.58. The Bertz CT molecular complexity index is 2000. The molecule has 2 atom stereocenters. The minimum absolute atomic E-state index is 0.104. The summed E-state index contributed by atoms with van der Waals surface area (Å²) in [5.74, 6) is 1.14. The lowest BCUT2D eigenvalue weighted by molar-refractivity contribution is 0.0512. The molecular weight excluding hydrogens is 628 g/mol. The van der Waals surface area contributed by atoms with Gasteiger partial charge in [0.15, 0.2) is 6.79 Å². The molecular formula is C37H41F2N7O3. The molecule has 3 aliphatic rings. The summed E-state index contributed by atoms with van der Waals surface area (Å²) in [5.41, 5.74) is 4.99. The molecule has 10 nitrogen and oxygen atoms in total. The molecule has 0 saturated carbocycles. The number of hydrogen-bond acceptors (Lipinski definition) is 9. The third-order valence-corrected chi connectivity index (χ3v) is 10.4. The van der Waals surface area contributed by atoms with Gasteiger partial charge in [0, 0.05) is 73.6 Å². The molecule has 0 aliphatic carbocycles. The Morgan fingerprint density at radius 2 is 2.06 bits per heavy atom. The van der Waals surface area contributed by atoms with E-state index < -0.39 is 6.17 Å². The van der Waals surface area contributed by atoms with E-state index >= 15 is 4.39 Å². The summed E-state index contributed by atoms with van der Waals surface area (Å²) in [4.78, 5) is 22.0. The fourth-order valence-electron chi connectivity index (χ4n) is 8.08. The summed E-state index contributed by atoms with van der Waals surface area (Å²) in [6, 6.07) is 11.5. The highest BCUT2D eigenvalue weighted by Gasteiger charge is 2.49. The van der Waals surface area contributed by atoms with Gasteiger partial charge in [-0.05, 0) is 73.0 Å². The maximum Gasteiger partial charge on any atom is 0.318 e. The Labute approximate surface area is 283 Å². The van der Waals surface area contributed by atoms with Crippen LogP contribution < -0.4 is 19.7 Å². The van der Waals surface area contributed by atoms with Crippen LogP contribution in [-0.4, -0.2) is 76.7 Å². The number of nitrogens with one attached hydrogen (secondary N) is 2. The van der Waals surface area contributed by atoms with Gasteiger partial charge < -0.3 is 29.4 Å². The van der Waals surface area contributed by atoms with Crippen molar-refractivity contribution in [3.63, 3.8) is 0 Å². The Hall–Kier alpha value is -4.55. The van der Waals surface area contributed by atoms with Gasteiger partial charge >= 0.3 is 6.01 Å². The Balaban J connectivity index is 1.15. The van der Waals surface area contributed by atoms with Crippen molar-refractivity contribution in [2.75, 3.05) is 50.4 Å². The molecule has 0 spiro atoms. The lowest BCUT2D eigenvalue weighted by Crippen LogP contribution is -2.43. The molecule has 2 fully saturated rings. The van der Waals surface area contributed by atoms with Crippen LogP contribution in [0.25, 0.3) is 21.8 Å². The molecule has 12 heteroatoms. The zero-order valence-electron chi connectivity index (χ0n) is 27.9. The zero-order chi connectivity index (χ0) is 33.5. The lowest BCUT2D eigenvalue weighted by atomic mass is 9.95. The number of rotatable bonds is 11. The van der Waals surface area contributed by atoms with Crippen molar-refractivity contribution in [3.8, 4) is 11.8 Å². The van der Waals surface area contributed by atoms with Gasteiger partial charge in [-0.15, -0.1) is 0 Å². The molecule has 0 amide bonds. The number of benzene rings is 2. The number of fused-ring (bicyclic) bond motifs is 4. The normalized spacial score (nSPS) is 20.6. The average molecular weight is 670 g/mol. The second-order valence-electron chi connectivity index (χ2n) is 13.4. The number of alkyl halides is 1. The second-order valence-corrected chi connectivity index (χ2v) is 13.4. The second kappa shape index (κ2) is 13.1. The number of aromatic amines is 1. The minimum atomic E-state index is -0.846. The molecule has 3 aliphatic heterocycles. The number of ether oxygens (including phenoxy) is 3. The van der Waals surface area contributed by atoms with Gasteiger partial charge in [0.2, 0.25) is 0 Å². The summed E-state index contributed by atoms with van der Waals surface area (Å²) in [6.07, 6.45) is 6.50. The highest BCUT2D eigenvalue weighted by molar-refractivity contribution is 5.98. The Morgan fingerprint density at radius 3 is 2.94 bits per heavy atom. The van der Waals surface area contributed by atoms with E-state index in [0.29, 0.717) is 63.4 Å². The number of H-pyrrole nitrogens is 1. The van der Waals surface area contributed by atoms with Crippen LogP contribution in [0.15, 0.2) is 48.8 Å². The van der Waals surface area contributed by atoms with E-state index in [1.54, 1.807) is 19.4 Å². The fourth-order valence-corrected chi connectivity index (χ4v) is 8.08. The third kappa shape index (κ3) is 5.90. The van der Waals surface area contributed by atoms with Gasteiger partial charge in [0.1, 0.15) is 35.8 Å². The van der Waals surface area contributed by atoms with Crippen LogP contribution in [0.2, 0.25) is 0 Å². The van der Waals surface area contributed by atoms with E-state index in [4.69, 9.17) is 24.2 Å². The number of methoxy groups -OCH3 is 1. The van der Waals surface area contributed by atoms with Crippen LogP contribution in [-0.2, 0) is 30.7 Å².